The summed E-state index contributed by atoms with van der Waals surface area (Å²) in [6.45, 7) is 4.19. The molecular formula is C12H20N6O2. The molecule has 2 rings (SSSR count). The van der Waals surface area contributed by atoms with Gasteiger partial charge in [-0.3, -0.25) is 10.2 Å². The molecule has 8 heteroatoms. The van der Waals surface area contributed by atoms with Crippen molar-refractivity contribution >= 4 is 17.7 Å². The van der Waals surface area contributed by atoms with Crippen molar-refractivity contribution in [2.45, 2.75) is 19.4 Å². The second kappa shape index (κ2) is 7.01. The Labute approximate surface area is 117 Å². The van der Waals surface area contributed by atoms with E-state index in [0.29, 0.717) is 38.1 Å². The van der Waals surface area contributed by atoms with Crippen LogP contribution in [0.5, 0.6) is 0 Å². The van der Waals surface area contributed by atoms with Gasteiger partial charge < -0.3 is 15.0 Å². The lowest BCUT2D eigenvalue weighted by molar-refractivity contribution is -0.124. The third-order valence-corrected chi connectivity index (χ3v) is 3.04. The van der Waals surface area contributed by atoms with Gasteiger partial charge >= 0.3 is 0 Å². The van der Waals surface area contributed by atoms with Gasteiger partial charge in [0.2, 0.25) is 11.9 Å². The first-order valence-corrected chi connectivity index (χ1v) is 6.68. The van der Waals surface area contributed by atoms with Gasteiger partial charge in [-0.05, 0) is 12.5 Å². The Hall–Kier alpha value is -1.93. The first-order valence-electron chi connectivity index (χ1n) is 6.68. The molecular weight excluding hydrogens is 260 g/mol. The van der Waals surface area contributed by atoms with Gasteiger partial charge in [-0.25, -0.2) is 10.8 Å². The number of anilines is 2. The van der Waals surface area contributed by atoms with Crippen LogP contribution in [0, 0.1) is 0 Å². The van der Waals surface area contributed by atoms with Crippen LogP contribution in [0.15, 0.2) is 12.3 Å². The highest BCUT2D eigenvalue weighted by atomic mass is 16.5. The van der Waals surface area contributed by atoms with Crippen molar-refractivity contribution < 1.29 is 9.53 Å². The van der Waals surface area contributed by atoms with Gasteiger partial charge in [0.25, 0.3) is 0 Å². The van der Waals surface area contributed by atoms with Crippen molar-refractivity contribution in [3.63, 3.8) is 0 Å². The van der Waals surface area contributed by atoms with E-state index in [9.17, 15) is 4.79 Å². The Morgan fingerprint density at radius 2 is 2.50 bits per heavy atom. The number of hydrogen-bond donors (Lipinski definition) is 3. The first kappa shape index (κ1) is 14.5. The standard InChI is InChI=1S/C12H20N6O2/c1-2-4-14-11(19)9-8-20-7-6-18(9)10-3-5-15-12(16-10)17-13/h3,5,9H,2,4,6-8,13H2,1H3,(H,14,19)(H,15,16,17). The van der Waals surface area contributed by atoms with Crippen molar-refractivity contribution in [1.82, 2.24) is 15.3 Å². The molecule has 0 spiro atoms. The summed E-state index contributed by atoms with van der Waals surface area (Å²) in [6.07, 6.45) is 2.50. The second-order valence-electron chi connectivity index (χ2n) is 4.46. The third-order valence-electron chi connectivity index (χ3n) is 3.04. The molecule has 2 heterocycles. The molecule has 4 N–H and O–H groups in total. The maximum absolute atomic E-state index is 12.2. The van der Waals surface area contributed by atoms with Crippen LogP contribution in [0.3, 0.4) is 0 Å². The van der Waals surface area contributed by atoms with E-state index in [4.69, 9.17) is 10.6 Å². The quantitative estimate of drug-likeness (QED) is 0.493. The lowest BCUT2D eigenvalue weighted by Crippen LogP contribution is -2.54. The number of carbonyl (C=O) groups is 1. The number of nitrogen functional groups attached to an aromatic ring is 1. The van der Waals surface area contributed by atoms with Gasteiger partial charge in [-0.15, -0.1) is 0 Å². The van der Waals surface area contributed by atoms with Crippen LogP contribution >= 0.6 is 0 Å². The summed E-state index contributed by atoms with van der Waals surface area (Å²) in [4.78, 5) is 22.3. The maximum atomic E-state index is 12.2. The van der Waals surface area contributed by atoms with E-state index < -0.39 is 0 Å². The van der Waals surface area contributed by atoms with Gasteiger partial charge in [-0.1, -0.05) is 6.92 Å². The summed E-state index contributed by atoms with van der Waals surface area (Å²) in [5.74, 6) is 6.24. The van der Waals surface area contributed by atoms with Gasteiger partial charge in [0.1, 0.15) is 11.9 Å². The summed E-state index contributed by atoms with van der Waals surface area (Å²) in [6, 6.07) is 1.38. The highest BCUT2D eigenvalue weighted by Gasteiger charge is 2.30. The topological polar surface area (TPSA) is 105 Å². The van der Waals surface area contributed by atoms with Crippen LogP contribution in [0.4, 0.5) is 11.8 Å². The van der Waals surface area contributed by atoms with E-state index in [1.807, 2.05) is 11.8 Å². The van der Waals surface area contributed by atoms with Gasteiger partial charge in [0.05, 0.1) is 13.2 Å². The number of aromatic nitrogens is 2. The van der Waals surface area contributed by atoms with Gasteiger partial charge in [0, 0.05) is 19.3 Å². The fraction of sp³-hybridized carbons (Fsp3) is 0.583. The van der Waals surface area contributed by atoms with E-state index in [-0.39, 0.29) is 11.9 Å². The largest absolute Gasteiger partial charge is 0.377 e. The summed E-state index contributed by atoms with van der Waals surface area (Å²) >= 11 is 0. The second-order valence-corrected chi connectivity index (χ2v) is 4.46. The average molecular weight is 280 g/mol. The molecule has 1 fully saturated rings. The summed E-state index contributed by atoms with van der Waals surface area (Å²) in [5.41, 5.74) is 2.40. The van der Waals surface area contributed by atoms with Crippen LogP contribution in [-0.4, -0.2) is 48.2 Å². The molecule has 0 aromatic carbocycles. The number of hydrogen-bond acceptors (Lipinski definition) is 7. The number of carbonyl (C=O) groups excluding carboxylic acids is 1. The zero-order valence-corrected chi connectivity index (χ0v) is 11.5. The molecule has 1 unspecified atom stereocenters. The Kier molecular flexibility index (Phi) is 5.08. The summed E-state index contributed by atoms with van der Waals surface area (Å²) < 4.78 is 5.41. The monoisotopic (exact) mass is 280 g/mol. The number of ether oxygens (including phenoxy) is 1. The minimum atomic E-state index is -0.379. The number of rotatable bonds is 5. The molecule has 8 nitrogen and oxygen atoms in total. The SMILES string of the molecule is CCCNC(=O)C1COCCN1c1ccnc(NN)n1. The minimum Gasteiger partial charge on any atom is -0.377 e. The molecule has 1 saturated heterocycles. The highest BCUT2D eigenvalue weighted by molar-refractivity contribution is 5.85. The highest BCUT2D eigenvalue weighted by Crippen LogP contribution is 2.18. The van der Waals surface area contributed by atoms with Crippen molar-refractivity contribution in [2.75, 3.05) is 36.6 Å². The molecule has 110 valence electrons. The smallest absolute Gasteiger partial charge is 0.245 e. The minimum absolute atomic E-state index is 0.0487. The van der Waals surface area contributed by atoms with Crippen molar-refractivity contribution in [3.05, 3.63) is 12.3 Å². The normalized spacial score (nSPS) is 18.7. The number of nitrogens with one attached hydrogen (secondary N) is 2. The maximum Gasteiger partial charge on any atom is 0.245 e. The van der Waals surface area contributed by atoms with Crippen LogP contribution in [0.25, 0.3) is 0 Å². The van der Waals surface area contributed by atoms with Crippen molar-refractivity contribution in [3.8, 4) is 0 Å². The Bertz CT molecular complexity index is 455. The lowest BCUT2D eigenvalue weighted by atomic mass is 10.2. The zero-order valence-electron chi connectivity index (χ0n) is 11.5. The van der Waals surface area contributed by atoms with Crippen molar-refractivity contribution in [1.29, 1.82) is 0 Å². The van der Waals surface area contributed by atoms with E-state index in [1.54, 1.807) is 12.3 Å². The number of amides is 1. The number of hydrazine groups is 1. The fourth-order valence-electron chi connectivity index (χ4n) is 2.04. The predicted octanol–water partition coefficient (Wildman–Crippen LogP) is -0.506. The number of nitrogens with two attached hydrogens (primary N) is 1. The molecule has 20 heavy (non-hydrogen) atoms. The molecule has 1 atom stereocenters. The van der Waals surface area contributed by atoms with Crippen LogP contribution < -0.4 is 21.5 Å². The van der Waals surface area contributed by atoms with Gasteiger partial charge in [0.15, 0.2) is 0 Å². The van der Waals surface area contributed by atoms with Crippen molar-refractivity contribution in [2.24, 2.45) is 5.84 Å². The summed E-state index contributed by atoms with van der Waals surface area (Å²) in [7, 11) is 0. The van der Waals surface area contributed by atoms with E-state index >= 15 is 0 Å². The molecule has 1 aliphatic rings. The molecule has 0 bridgehead atoms. The molecule has 0 radical (unpaired) electrons. The molecule has 0 aliphatic carbocycles. The average Bonchev–Trinajstić information content (AvgIpc) is 2.52. The molecule has 1 aromatic rings. The fourth-order valence-corrected chi connectivity index (χ4v) is 2.04. The first-order chi connectivity index (χ1) is 9.76. The predicted molar refractivity (Wildman–Crippen MR) is 75.1 cm³/mol. The number of morpholine rings is 1. The van der Waals surface area contributed by atoms with Crippen LogP contribution in [-0.2, 0) is 9.53 Å². The Morgan fingerprint density at radius 3 is 3.25 bits per heavy atom. The van der Waals surface area contributed by atoms with Gasteiger partial charge in [-0.2, -0.15) is 4.98 Å². The Morgan fingerprint density at radius 1 is 1.65 bits per heavy atom. The Balaban J connectivity index is 2.15. The molecule has 1 amide bonds. The van der Waals surface area contributed by atoms with Crippen LogP contribution in [0.2, 0.25) is 0 Å². The summed E-state index contributed by atoms with van der Waals surface area (Å²) in [5, 5.41) is 2.89. The van der Waals surface area contributed by atoms with E-state index in [0.717, 1.165) is 6.42 Å². The van der Waals surface area contributed by atoms with Crippen LogP contribution in [0.1, 0.15) is 13.3 Å². The van der Waals surface area contributed by atoms with E-state index in [2.05, 4.69) is 20.7 Å². The molecule has 0 saturated carbocycles. The molecule has 1 aromatic heterocycles. The molecule has 1 aliphatic heterocycles. The van der Waals surface area contributed by atoms with E-state index in [1.165, 1.54) is 0 Å². The number of nitrogens with zero attached hydrogens (tertiary/aromatic N) is 3. The lowest BCUT2D eigenvalue weighted by Gasteiger charge is -2.35. The third kappa shape index (κ3) is 3.34. The zero-order chi connectivity index (χ0) is 14.4.